The Balaban J connectivity index is 1.71. The molecule has 0 unspecified atom stereocenters. The van der Waals surface area contributed by atoms with Crippen molar-refractivity contribution in [2.45, 2.75) is 33.7 Å². The van der Waals surface area contributed by atoms with Crippen LogP contribution in [0.4, 0.5) is 0 Å². The van der Waals surface area contributed by atoms with Gasteiger partial charge in [-0.15, -0.1) is 0 Å². The molecule has 170 valence electrons. The standard InChI is InChI=1S/C24H22N2O6S/c1-5-29-23(28)20-14(4)25-24-26(21(20)16-7-6-13(3)32-16)22(27)19(33-24)10-15-9-18-17(8-12(15)2)30-11-31-18/h6-10,21H,5,11H2,1-4H3/b19-10-/t21-/m0/s1. The number of benzene rings is 1. The van der Waals surface area contributed by atoms with Gasteiger partial charge in [-0.2, -0.15) is 0 Å². The van der Waals surface area contributed by atoms with Crippen LogP contribution in [0.2, 0.25) is 0 Å². The second kappa shape index (κ2) is 8.08. The van der Waals surface area contributed by atoms with E-state index >= 15 is 0 Å². The van der Waals surface area contributed by atoms with Gasteiger partial charge in [0.1, 0.15) is 17.6 Å². The Labute approximate surface area is 193 Å². The van der Waals surface area contributed by atoms with Crippen molar-refractivity contribution in [3.8, 4) is 11.5 Å². The van der Waals surface area contributed by atoms with Crippen molar-refractivity contribution in [2.24, 2.45) is 4.99 Å². The number of hydrogen-bond acceptors (Lipinski definition) is 8. The minimum atomic E-state index is -0.756. The molecule has 4 heterocycles. The second-order valence-electron chi connectivity index (χ2n) is 7.81. The van der Waals surface area contributed by atoms with E-state index in [1.54, 1.807) is 26.0 Å². The highest BCUT2D eigenvalue weighted by molar-refractivity contribution is 7.07. The Morgan fingerprint density at radius 1 is 1.24 bits per heavy atom. The molecule has 0 fully saturated rings. The first-order valence-corrected chi connectivity index (χ1v) is 11.3. The van der Waals surface area contributed by atoms with Crippen LogP contribution in [-0.2, 0) is 9.53 Å². The second-order valence-corrected chi connectivity index (χ2v) is 8.82. The van der Waals surface area contributed by atoms with Crippen LogP contribution in [0.25, 0.3) is 6.08 Å². The lowest BCUT2D eigenvalue weighted by atomic mass is 10.0. The summed E-state index contributed by atoms with van der Waals surface area (Å²) in [5.41, 5.74) is 2.33. The molecule has 33 heavy (non-hydrogen) atoms. The summed E-state index contributed by atoms with van der Waals surface area (Å²) in [4.78, 5) is 31.5. The SMILES string of the molecule is CCOC(=O)C1=C(C)N=c2s/c(=C\c3cc4c(cc3C)OCO4)c(=O)n2[C@H]1c1ccc(C)o1. The number of ether oxygens (including phenoxy) is 3. The number of rotatable bonds is 4. The minimum absolute atomic E-state index is 0.179. The highest BCUT2D eigenvalue weighted by Crippen LogP contribution is 2.35. The Morgan fingerprint density at radius 3 is 2.70 bits per heavy atom. The van der Waals surface area contributed by atoms with Crippen LogP contribution >= 0.6 is 11.3 Å². The Kier molecular flexibility index (Phi) is 5.20. The molecular weight excluding hydrogens is 444 g/mol. The summed E-state index contributed by atoms with van der Waals surface area (Å²) in [6.07, 6.45) is 1.81. The summed E-state index contributed by atoms with van der Waals surface area (Å²) in [5, 5.41) is 0. The van der Waals surface area contributed by atoms with Crippen LogP contribution in [0, 0.1) is 13.8 Å². The first kappa shape index (κ1) is 21.3. The molecule has 2 aliphatic rings. The average molecular weight is 467 g/mol. The van der Waals surface area contributed by atoms with E-state index in [0.717, 1.165) is 11.1 Å². The van der Waals surface area contributed by atoms with E-state index in [2.05, 4.69) is 4.99 Å². The van der Waals surface area contributed by atoms with E-state index < -0.39 is 12.0 Å². The van der Waals surface area contributed by atoms with Crippen LogP contribution in [-0.4, -0.2) is 23.9 Å². The average Bonchev–Trinajstić information content (AvgIpc) is 3.47. The first-order chi connectivity index (χ1) is 15.9. The van der Waals surface area contributed by atoms with Gasteiger partial charge in [-0.25, -0.2) is 9.79 Å². The fraction of sp³-hybridized carbons (Fsp3) is 0.292. The molecule has 2 aromatic heterocycles. The summed E-state index contributed by atoms with van der Waals surface area (Å²) in [5.74, 6) is 1.98. The van der Waals surface area contributed by atoms with Gasteiger partial charge in [0, 0.05) is 0 Å². The summed E-state index contributed by atoms with van der Waals surface area (Å²) in [7, 11) is 0. The monoisotopic (exact) mass is 466 g/mol. The third-order valence-corrected chi connectivity index (χ3v) is 6.58. The molecule has 0 amide bonds. The third-order valence-electron chi connectivity index (χ3n) is 5.60. The van der Waals surface area contributed by atoms with Crippen LogP contribution in [0.3, 0.4) is 0 Å². The van der Waals surface area contributed by atoms with E-state index in [0.29, 0.717) is 43.6 Å². The van der Waals surface area contributed by atoms with E-state index in [4.69, 9.17) is 18.6 Å². The maximum atomic E-state index is 13.6. The molecule has 0 aliphatic carbocycles. The topological polar surface area (TPSA) is 92.3 Å². The number of carbonyl (C=O) groups is 1. The molecule has 0 saturated carbocycles. The van der Waals surface area contributed by atoms with Gasteiger partial charge < -0.3 is 18.6 Å². The molecule has 2 aliphatic heterocycles. The Morgan fingerprint density at radius 2 is 2.00 bits per heavy atom. The lowest BCUT2D eigenvalue weighted by Gasteiger charge is -2.22. The highest BCUT2D eigenvalue weighted by Gasteiger charge is 2.35. The van der Waals surface area contributed by atoms with Crippen molar-refractivity contribution >= 4 is 23.4 Å². The molecule has 0 saturated heterocycles. The summed E-state index contributed by atoms with van der Waals surface area (Å²) < 4.78 is 24.1. The van der Waals surface area contributed by atoms with E-state index in [-0.39, 0.29) is 19.0 Å². The van der Waals surface area contributed by atoms with Crippen molar-refractivity contribution in [1.29, 1.82) is 0 Å². The largest absolute Gasteiger partial charge is 0.464 e. The summed E-state index contributed by atoms with van der Waals surface area (Å²) in [6.45, 7) is 7.64. The predicted octanol–water partition coefficient (Wildman–Crippen LogP) is 2.74. The number of thiazole rings is 1. The number of carbonyl (C=O) groups excluding carboxylic acids is 1. The van der Waals surface area contributed by atoms with Gasteiger partial charge in [-0.05, 0) is 69.2 Å². The van der Waals surface area contributed by atoms with Gasteiger partial charge in [0.25, 0.3) is 5.56 Å². The van der Waals surface area contributed by atoms with E-state index in [9.17, 15) is 9.59 Å². The van der Waals surface area contributed by atoms with Gasteiger partial charge in [0.2, 0.25) is 6.79 Å². The van der Waals surface area contributed by atoms with Gasteiger partial charge in [0.15, 0.2) is 16.3 Å². The maximum Gasteiger partial charge on any atom is 0.338 e. The summed E-state index contributed by atoms with van der Waals surface area (Å²) >= 11 is 1.26. The minimum Gasteiger partial charge on any atom is -0.464 e. The molecule has 9 heteroatoms. The number of aromatic nitrogens is 1. The van der Waals surface area contributed by atoms with Crippen molar-refractivity contribution < 1.29 is 23.4 Å². The zero-order valence-electron chi connectivity index (χ0n) is 18.6. The van der Waals surface area contributed by atoms with Crippen LogP contribution in [0.1, 0.15) is 42.5 Å². The van der Waals surface area contributed by atoms with Crippen molar-refractivity contribution in [3.05, 3.63) is 77.9 Å². The molecule has 5 rings (SSSR count). The quantitative estimate of drug-likeness (QED) is 0.549. The lowest BCUT2D eigenvalue weighted by molar-refractivity contribution is -0.139. The van der Waals surface area contributed by atoms with Gasteiger partial charge >= 0.3 is 5.97 Å². The number of fused-ring (bicyclic) bond motifs is 2. The molecule has 0 radical (unpaired) electrons. The van der Waals surface area contributed by atoms with Crippen LogP contribution in [0.15, 0.2) is 49.7 Å². The van der Waals surface area contributed by atoms with Gasteiger partial charge in [0.05, 0.1) is 22.4 Å². The molecule has 0 N–H and O–H groups in total. The number of hydrogen-bond donors (Lipinski definition) is 0. The van der Waals surface area contributed by atoms with Gasteiger partial charge in [-0.1, -0.05) is 11.3 Å². The molecule has 0 spiro atoms. The van der Waals surface area contributed by atoms with Crippen molar-refractivity contribution in [2.75, 3.05) is 13.4 Å². The lowest BCUT2D eigenvalue weighted by Crippen LogP contribution is -2.39. The van der Waals surface area contributed by atoms with Crippen LogP contribution < -0.4 is 24.4 Å². The maximum absolute atomic E-state index is 13.6. The Bertz CT molecular complexity index is 1490. The van der Waals surface area contributed by atoms with E-state index in [1.807, 2.05) is 32.1 Å². The highest BCUT2D eigenvalue weighted by atomic mass is 32.1. The number of aryl methyl sites for hydroxylation is 2. The molecule has 1 atom stereocenters. The zero-order chi connectivity index (χ0) is 23.3. The predicted molar refractivity (Wildman–Crippen MR) is 121 cm³/mol. The van der Waals surface area contributed by atoms with E-state index in [1.165, 1.54) is 15.9 Å². The third kappa shape index (κ3) is 3.58. The van der Waals surface area contributed by atoms with Gasteiger partial charge in [-0.3, -0.25) is 9.36 Å². The van der Waals surface area contributed by atoms with Crippen molar-refractivity contribution in [1.82, 2.24) is 4.57 Å². The molecule has 0 bridgehead atoms. The number of esters is 1. The summed E-state index contributed by atoms with van der Waals surface area (Å²) in [6, 6.07) is 6.58. The fourth-order valence-electron chi connectivity index (χ4n) is 4.02. The number of nitrogens with zero attached hydrogens (tertiary/aromatic N) is 2. The smallest absolute Gasteiger partial charge is 0.338 e. The molecule has 1 aromatic carbocycles. The van der Waals surface area contributed by atoms with Crippen LogP contribution in [0.5, 0.6) is 11.5 Å². The number of furan rings is 1. The molecular formula is C24H22N2O6S. The molecule has 8 nitrogen and oxygen atoms in total. The zero-order valence-corrected chi connectivity index (χ0v) is 19.4. The molecule has 3 aromatic rings. The Hall–Kier alpha value is -3.59. The fourth-order valence-corrected chi connectivity index (χ4v) is 5.05. The normalized spacial score (nSPS) is 17.2. The first-order valence-electron chi connectivity index (χ1n) is 10.5. The number of allylic oxidation sites excluding steroid dienone is 1. The van der Waals surface area contributed by atoms with Crippen molar-refractivity contribution in [3.63, 3.8) is 0 Å².